The van der Waals surface area contributed by atoms with Crippen molar-refractivity contribution in [3.05, 3.63) is 47.3 Å². The number of ether oxygens (including phenoxy) is 1. The summed E-state index contributed by atoms with van der Waals surface area (Å²) in [6.45, 7) is 0.797. The Morgan fingerprint density at radius 1 is 1.40 bits per heavy atom. The van der Waals surface area contributed by atoms with Crippen molar-refractivity contribution in [2.75, 3.05) is 19.0 Å². The monoisotopic (exact) mass is 268 g/mol. The lowest BCUT2D eigenvalue weighted by Gasteiger charge is -2.34. The number of methoxy groups -OCH3 is 1. The molecule has 102 valence electrons. The van der Waals surface area contributed by atoms with Crippen LogP contribution in [0.5, 0.6) is 5.75 Å². The number of hydrogen-bond donors (Lipinski definition) is 1. The molecule has 1 N–H and O–H groups in total. The predicted octanol–water partition coefficient (Wildman–Crippen LogP) is 2.61. The fraction of sp³-hybridized carbons (Fsp3) is 0.312. The SMILES string of the molecule is COc1ccc2c(c1)C1CCN3C(=O)C=CCC3=C1N2. The van der Waals surface area contributed by atoms with Crippen molar-refractivity contribution >= 4 is 11.6 Å². The highest BCUT2D eigenvalue weighted by Crippen LogP contribution is 2.47. The van der Waals surface area contributed by atoms with Crippen molar-refractivity contribution < 1.29 is 9.53 Å². The molecule has 1 amide bonds. The molecule has 3 aliphatic rings. The maximum atomic E-state index is 11.9. The molecule has 1 atom stereocenters. The van der Waals surface area contributed by atoms with Crippen molar-refractivity contribution in [3.8, 4) is 5.75 Å². The van der Waals surface area contributed by atoms with E-state index in [9.17, 15) is 4.79 Å². The van der Waals surface area contributed by atoms with Gasteiger partial charge in [0.05, 0.1) is 7.11 Å². The normalized spacial score (nSPS) is 23.1. The summed E-state index contributed by atoms with van der Waals surface area (Å²) in [5, 5.41) is 3.50. The van der Waals surface area contributed by atoms with Crippen LogP contribution in [0.4, 0.5) is 5.69 Å². The molecule has 0 aromatic heterocycles. The van der Waals surface area contributed by atoms with Crippen LogP contribution in [-0.2, 0) is 4.79 Å². The van der Waals surface area contributed by atoms with E-state index in [1.54, 1.807) is 13.2 Å². The van der Waals surface area contributed by atoms with Crippen LogP contribution >= 0.6 is 0 Å². The average molecular weight is 268 g/mol. The Hall–Kier alpha value is -2.23. The lowest BCUT2D eigenvalue weighted by Crippen LogP contribution is -2.37. The van der Waals surface area contributed by atoms with Crippen molar-refractivity contribution in [2.45, 2.75) is 18.8 Å². The molecule has 0 spiro atoms. The molecule has 0 saturated carbocycles. The largest absolute Gasteiger partial charge is 0.497 e. The van der Waals surface area contributed by atoms with Gasteiger partial charge in [-0.05, 0) is 36.3 Å². The second-order valence-corrected chi connectivity index (χ2v) is 5.38. The van der Waals surface area contributed by atoms with Crippen LogP contribution < -0.4 is 10.1 Å². The predicted molar refractivity (Wildman–Crippen MR) is 76.5 cm³/mol. The first-order valence-electron chi connectivity index (χ1n) is 6.94. The third kappa shape index (κ3) is 1.51. The summed E-state index contributed by atoms with van der Waals surface area (Å²) in [6.07, 6.45) is 5.42. The molecule has 1 aromatic rings. The van der Waals surface area contributed by atoms with Crippen molar-refractivity contribution in [1.82, 2.24) is 4.90 Å². The van der Waals surface area contributed by atoms with Gasteiger partial charge in [-0.25, -0.2) is 0 Å². The molecule has 0 radical (unpaired) electrons. The topological polar surface area (TPSA) is 41.6 Å². The van der Waals surface area contributed by atoms with Crippen LogP contribution in [0.15, 0.2) is 41.7 Å². The zero-order chi connectivity index (χ0) is 13.7. The van der Waals surface area contributed by atoms with Crippen molar-refractivity contribution in [2.24, 2.45) is 0 Å². The summed E-state index contributed by atoms with van der Waals surface area (Å²) < 4.78 is 5.32. The van der Waals surface area contributed by atoms with Gasteiger partial charge >= 0.3 is 0 Å². The quantitative estimate of drug-likeness (QED) is 0.851. The molecule has 4 heteroatoms. The molecular formula is C16H16N2O2. The molecule has 0 fully saturated rings. The van der Waals surface area contributed by atoms with E-state index in [0.29, 0.717) is 5.92 Å². The summed E-state index contributed by atoms with van der Waals surface area (Å²) in [4.78, 5) is 13.9. The maximum absolute atomic E-state index is 11.9. The molecule has 1 aromatic carbocycles. The number of rotatable bonds is 1. The van der Waals surface area contributed by atoms with E-state index in [4.69, 9.17) is 4.74 Å². The van der Waals surface area contributed by atoms with E-state index < -0.39 is 0 Å². The number of anilines is 1. The van der Waals surface area contributed by atoms with Crippen LogP contribution in [-0.4, -0.2) is 24.5 Å². The van der Waals surface area contributed by atoms with Gasteiger partial charge in [0, 0.05) is 36.0 Å². The van der Waals surface area contributed by atoms with Crippen molar-refractivity contribution in [1.29, 1.82) is 0 Å². The minimum atomic E-state index is 0.104. The van der Waals surface area contributed by atoms with Gasteiger partial charge in [-0.2, -0.15) is 0 Å². The van der Waals surface area contributed by atoms with Gasteiger partial charge in [-0.3, -0.25) is 4.79 Å². The van der Waals surface area contributed by atoms with Gasteiger partial charge in [0.1, 0.15) is 5.75 Å². The third-order valence-corrected chi connectivity index (χ3v) is 4.37. The second-order valence-electron chi connectivity index (χ2n) is 5.38. The number of amides is 1. The molecule has 4 rings (SSSR count). The smallest absolute Gasteiger partial charge is 0.250 e. The Bertz CT molecular complexity index is 660. The van der Waals surface area contributed by atoms with Gasteiger partial charge in [-0.1, -0.05) is 6.08 Å². The Labute approximate surface area is 117 Å². The molecular weight excluding hydrogens is 252 g/mol. The van der Waals surface area contributed by atoms with Crippen molar-refractivity contribution in [3.63, 3.8) is 0 Å². The number of benzene rings is 1. The molecule has 1 unspecified atom stereocenters. The zero-order valence-corrected chi connectivity index (χ0v) is 11.3. The van der Waals surface area contributed by atoms with E-state index in [2.05, 4.69) is 17.4 Å². The number of nitrogens with one attached hydrogen (secondary N) is 1. The van der Waals surface area contributed by atoms with Gasteiger partial charge in [0.25, 0.3) is 0 Å². The highest BCUT2D eigenvalue weighted by Gasteiger charge is 2.37. The second kappa shape index (κ2) is 4.13. The minimum Gasteiger partial charge on any atom is -0.497 e. The van der Waals surface area contributed by atoms with E-state index >= 15 is 0 Å². The average Bonchev–Trinajstić information content (AvgIpc) is 2.85. The molecule has 20 heavy (non-hydrogen) atoms. The van der Waals surface area contributed by atoms with Gasteiger partial charge in [0.2, 0.25) is 5.91 Å². The van der Waals surface area contributed by atoms with E-state index in [0.717, 1.165) is 36.5 Å². The first kappa shape index (κ1) is 11.6. The van der Waals surface area contributed by atoms with Crippen LogP contribution in [0.25, 0.3) is 0 Å². The summed E-state index contributed by atoms with van der Waals surface area (Å²) in [5.74, 6) is 1.36. The summed E-state index contributed by atoms with van der Waals surface area (Å²) in [7, 11) is 1.69. The summed E-state index contributed by atoms with van der Waals surface area (Å²) in [5.41, 5.74) is 4.75. The molecule has 0 aliphatic carbocycles. The van der Waals surface area contributed by atoms with Crippen LogP contribution in [0.1, 0.15) is 24.3 Å². The molecule has 3 aliphatic heterocycles. The first-order chi connectivity index (χ1) is 9.78. The zero-order valence-electron chi connectivity index (χ0n) is 11.3. The first-order valence-corrected chi connectivity index (χ1v) is 6.94. The molecule has 0 saturated heterocycles. The van der Waals surface area contributed by atoms with E-state index in [1.807, 2.05) is 17.0 Å². The number of allylic oxidation sites excluding steroid dienone is 2. The molecule has 3 heterocycles. The number of fused-ring (bicyclic) bond motifs is 4. The molecule has 0 bridgehead atoms. The van der Waals surface area contributed by atoms with Gasteiger partial charge < -0.3 is 15.0 Å². The highest BCUT2D eigenvalue weighted by atomic mass is 16.5. The number of carbonyl (C=O) groups excluding carboxylic acids is 1. The van der Waals surface area contributed by atoms with E-state index in [1.165, 1.54) is 11.3 Å². The third-order valence-electron chi connectivity index (χ3n) is 4.37. The Kier molecular flexibility index (Phi) is 2.39. The summed E-state index contributed by atoms with van der Waals surface area (Å²) in [6, 6.07) is 6.14. The standard InChI is InChI=1S/C16H16N2O2/c1-20-10-5-6-13-12(9-10)11-7-8-18-14(16(11)17-13)3-2-4-15(18)19/h2,4-6,9,11,17H,3,7-8H2,1H3. The van der Waals surface area contributed by atoms with Crippen LogP contribution in [0.3, 0.4) is 0 Å². The summed E-state index contributed by atoms with van der Waals surface area (Å²) >= 11 is 0. The van der Waals surface area contributed by atoms with E-state index in [-0.39, 0.29) is 5.91 Å². The maximum Gasteiger partial charge on any atom is 0.250 e. The Morgan fingerprint density at radius 3 is 3.15 bits per heavy atom. The number of nitrogens with zero attached hydrogens (tertiary/aromatic N) is 1. The molecule has 4 nitrogen and oxygen atoms in total. The Balaban J connectivity index is 1.81. The van der Waals surface area contributed by atoms with Gasteiger partial charge in [0.15, 0.2) is 0 Å². The van der Waals surface area contributed by atoms with Gasteiger partial charge in [-0.15, -0.1) is 0 Å². The lowest BCUT2D eigenvalue weighted by atomic mass is 9.89. The number of carbonyl (C=O) groups is 1. The lowest BCUT2D eigenvalue weighted by molar-refractivity contribution is -0.125. The van der Waals surface area contributed by atoms with Crippen LogP contribution in [0, 0.1) is 0 Å². The van der Waals surface area contributed by atoms with Crippen LogP contribution in [0.2, 0.25) is 0 Å². The highest BCUT2D eigenvalue weighted by molar-refractivity contribution is 5.91. The fourth-order valence-corrected chi connectivity index (χ4v) is 3.39. The Morgan fingerprint density at radius 2 is 2.30 bits per heavy atom. The number of hydrogen-bond acceptors (Lipinski definition) is 3. The fourth-order valence-electron chi connectivity index (χ4n) is 3.39. The minimum absolute atomic E-state index is 0.104.